The SMILES string of the molecule is C=C/C=C\c1cn[nH]c1CC. The van der Waals surface area contributed by atoms with Gasteiger partial charge in [0.25, 0.3) is 0 Å². The largest absolute Gasteiger partial charge is 0.282 e. The van der Waals surface area contributed by atoms with Gasteiger partial charge >= 0.3 is 0 Å². The second kappa shape index (κ2) is 3.76. The van der Waals surface area contributed by atoms with E-state index in [1.807, 2.05) is 18.3 Å². The molecule has 1 heterocycles. The van der Waals surface area contributed by atoms with Gasteiger partial charge in [-0.2, -0.15) is 5.10 Å². The minimum absolute atomic E-state index is 0.983. The van der Waals surface area contributed by atoms with Crippen LogP contribution in [0.4, 0.5) is 0 Å². The molecule has 0 atom stereocenters. The van der Waals surface area contributed by atoms with E-state index in [1.54, 1.807) is 6.08 Å². The van der Waals surface area contributed by atoms with Crippen molar-refractivity contribution in [2.45, 2.75) is 13.3 Å². The summed E-state index contributed by atoms with van der Waals surface area (Å²) < 4.78 is 0. The van der Waals surface area contributed by atoms with E-state index < -0.39 is 0 Å². The summed E-state index contributed by atoms with van der Waals surface area (Å²) in [4.78, 5) is 0. The molecule has 0 fully saturated rings. The van der Waals surface area contributed by atoms with E-state index in [9.17, 15) is 0 Å². The zero-order valence-electron chi connectivity index (χ0n) is 6.67. The third-order valence-corrected chi connectivity index (χ3v) is 1.52. The number of H-pyrrole nitrogens is 1. The first-order valence-corrected chi connectivity index (χ1v) is 3.69. The highest BCUT2D eigenvalue weighted by atomic mass is 15.1. The van der Waals surface area contributed by atoms with Gasteiger partial charge in [-0.05, 0) is 6.42 Å². The monoisotopic (exact) mass is 148 g/mol. The fourth-order valence-corrected chi connectivity index (χ4v) is 0.921. The van der Waals surface area contributed by atoms with Crippen molar-refractivity contribution in [2.24, 2.45) is 0 Å². The summed E-state index contributed by atoms with van der Waals surface area (Å²) in [6.45, 7) is 5.69. The van der Waals surface area contributed by atoms with Gasteiger partial charge in [-0.15, -0.1) is 0 Å². The van der Waals surface area contributed by atoms with Gasteiger partial charge in [0.2, 0.25) is 0 Å². The number of nitrogens with one attached hydrogen (secondary N) is 1. The summed E-state index contributed by atoms with van der Waals surface area (Å²) in [6, 6.07) is 0. The first-order valence-electron chi connectivity index (χ1n) is 3.69. The van der Waals surface area contributed by atoms with Crippen LogP contribution in [0.25, 0.3) is 6.08 Å². The van der Waals surface area contributed by atoms with E-state index in [-0.39, 0.29) is 0 Å². The first-order chi connectivity index (χ1) is 5.38. The molecular weight excluding hydrogens is 136 g/mol. The van der Waals surface area contributed by atoms with E-state index >= 15 is 0 Å². The summed E-state index contributed by atoms with van der Waals surface area (Å²) >= 11 is 0. The lowest BCUT2D eigenvalue weighted by atomic mass is 10.2. The Labute approximate surface area is 66.6 Å². The van der Waals surface area contributed by atoms with Crippen molar-refractivity contribution in [2.75, 3.05) is 0 Å². The Balaban J connectivity index is 2.84. The Morgan fingerprint density at radius 3 is 3.18 bits per heavy atom. The third-order valence-electron chi connectivity index (χ3n) is 1.52. The van der Waals surface area contributed by atoms with E-state index in [0.717, 1.165) is 12.0 Å². The molecule has 0 aliphatic heterocycles. The molecule has 1 aromatic heterocycles. The molecular formula is C9H12N2. The lowest BCUT2D eigenvalue weighted by Gasteiger charge is -1.90. The number of hydrogen-bond donors (Lipinski definition) is 1. The van der Waals surface area contributed by atoms with Gasteiger partial charge in [0.1, 0.15) is 0 Å². The molecule has 0 aliphatic rings. The van der Waals surface area contributed by atoms with Gasteiger partial charge in [-0.1, -0.05) is 31.7 Å². The number of aromatic amines is 1. The number of rotatable bonds is 3. The van der Waals surface area contributed by atoms with E-state index in [2.05, 4.69) is 23.7 Å². The fourth-order valence-electron chi connectivity index (χ4n) is 0.921. The predicted octanol–water partition coefficient (Wildman–Crippen LogP) is 2.17. The van der Waals surface area contributed by atoms with E-state index in [1.165, 1.54) is 5.69 Å². The number of allylic oxidation sites excluding steroid dienone is 2. The molecule has 58 valence electrons. The van der Waals surface area contributed by atoms with Crippen molar-refractivity contribution < 1.29 is 0 Å². The van der Waals surface area contributed by atoms with Gasteiger partial charge in [-0.25, -0.2) is 0 Å². The van der Waals surface area contributed by atoms with Crippen LogP contribution in [0.5, 0.6) is 0 Å². The molecule has 1 aromatic rings. The highest BCUT2D eigenvalue weighted by molar-refractivity contribution is 5.52. The molecule has 0 spiro atoms. The number of nitrogens with zero attached hydrogens (tertiary/aromatic N) is 1. The lowest BCUT2D eigenvalue weighted by molar-refractivity contribution is 0.973. The maximum atomic E-state index is 3.94. The van der Waals surface area contributed by atoms with Gasteiger partial charge < -0.3 is 0 Å². The lowest BCUT2D eigenvalue weighted by Crippen LogP contribution is -1.81. The Morgan fingerprint density at radius 2 is 2.55 bits per heavy atom. The van der Waals surface area contributed by atoms with Crippen molar-refractivity contribution in [1.82, 2.24) is 10.2 Å². The summed E-state index contributed by atoms with van der Waals surface area (Å²) in [5, 5.41) is 6.86. The zero-order valence-corrected chi connectivity index (χ0v) is 6.67. The van der Waals surface area contributed by atoms with Crippen molar-refractivity contribution in [3.8, 4) is 0 Å². The highest BCUT2D eigenvalue weighted by Gasteiger charge is 1.96. The minimum atomic E-state index is 0.983. The minimum Gasteiger partial charge on any atom is -0.282 e. The molecule has 0 aromatic carbocycles. The smallest absolute Gasteiger partial charge is 0.0562 e. The number of hydrogen-bond acceptors (Lipinski definition) is 1. The van der Waals surface area contributed by atoms with Crippen molar-refractivity contribution in [1.29, 1.82) is 0 Å². The molecule has 2 heteroatoms. The average molecular weight is 148 g/mol. The second-order valence-corrected chi connectivity index (χ2v) is 2.25. The maximum Gasteiger partial charge on any atom is 0.0562 e. The topological polar surface area (TPSA) is 28.7 Å². The van der Waals surface area contributed by atoms with Crippen LogP contribution in [0.15, 0.2) is 24.9 Å². The zero-order chi connectivity index (χ0) is 8.10. The van der Waals surface area contributed by atoms with Crippen LogP contribution in [-0.2, 0) is 6.42 Å². The summed E-state index contributed by atoms with van der Waals surface area (Å²) in [6.07, 6.45) is 8.46. The van der Waals surface area contributed by atoms with E-state index in [0.29, 0.717) is 0 Å². The van der Waals surface area contributed by atoms with Crippen molar-refractivity contribution in [3.63, 3.8) is 0 Å². The van der Waals surface area contributed by atoms with Crippen LogP contribution < -0.4 is 0 Å². The standard InChI is InChI=1S/C9H12N2/c1-3-5-6-8-7-10-11-9(8)4-2/h3,5-7H,1,4H2,2H3,(H,10,11)/b6-5-. The molecule has 11 heavy (non-hydrogen) atoms. The molecule has 0 amide bonds. The van der Waals surface area contributed by atoms with Crippen LogP contribution in [0.1, 0.15) is 18.2 Å². The molecule has 0 radical (unpaired) electrons. The van der Waals surface area contributed by atoms with Crippen LogP contribution >= 0.6 is 0 Å². The first kappa shape index (κ1) is 7.79. The average Bonchev–Trinajstić information content (AvgIpc) is 2.47. The van der Waals surface area contributed by atoms with Gasteiger partial charge in [-0.3, -0.25) is 5.10 Å². The Morgan fingerprint density at radius 1 is 1.73 bits per heavy atom. The van der Waals surface area contributed by atoms with Gasteiger partial charge in [0.05, 0.1) is 6.20 Å². The van der Waals surface area contributed by atoms with Crippen LogP contribution in [0.2, 0.25) is 0 Å². The normalized spacial score (nSPS) is 10.6. The van der Waals surface area contributed by atoms with Gasteiger partial charge in [0.15, 0.2) is 0 Å². The van der Waals surface area contributed by atoms with E-state index in [4.69, 9.17) is 0 Å². The molecule has 0 aliphatic carbocycles. The predicted molar refractivity (Wildman–Crippen MR) is 47.2 cm³/mol. The third kappa shape index (κ3) is 1.80. The summed E-state index contributed by atoms with van der Waals surface area (Å²) in [5.41, 5.74) is 2.32. The Kier molecular flexibility index (Phi) is 2.66. The van der Waals surface area contributed by atoms with Crippen LogP contribution in [0, 0.1) is 0 Å². The molecule has 0 unspecified atom stereocenters. The molecule has 0 saturated heterocycles. The summed E-state index contributed by atoms with van der Waals surface area (Å²) in [5.74, 6) is 0. The van der Waals surface area contributed by atoms with Gasteiger partial charge in [0, 0.05) is 11.3 Å². The Bertz CT molecular complexity index is 258. The quantitative estimate of drug-likeness (QED) is 0.654. The molecule has 0 bridgehead atoms. The Hall–Kier alpha value is -1.31. The molecule has 1 rings (SSSR count). The molecule has 1 N–H and O–H groups in total. The number of aromatic nitrogens is 2. The maximum absolute atomic E-state index is 3.94. The summed E-state index contributed by atoms with van der Waals surface area (Å²) in [7, 11) is 0. The molecule has 0 saturated carbocycles. The van der Waals surface area contributed by atoms with Crippen molar-refractivity contribution >= 4 is 6.08 Å². The fraction of sp³-hybridized carbons (Fsp3) is 0.222. The second-order valence-electron chi connectivity index (χ2n) is 2.25. The molecule has 2 nitrogen and oxygen atoms in total. The van der Waals surface area contributed by atoms with Crippen molar-refractivity contribution in [3.05, 3.63) is 36.2 Å². The van der Waals surface area contributed by atoms with Crippen LogP contribution in [-0.4, -0.2) is 10.2 Å². The number of aryl methyl sites for hydroxylation is 1. The highest BCUT2D eigenvalue weighted by Crippen LogP contribution is 2.06. The van der Waals surface area contributed by atoms with Crippen LogP contribution in [0.3, 0.4) is 0 Å².